The van der Waals surface area contributed by atoms with Crippen molar-refractivity contribution in [3.8, 4) is 0 Å². The highest BCUT2D eigenvalue weighted by Crippen LogP contribution is 2.62. The van der Waals surface area contributed by atoms with Gasteiger partial charge in [-0.25, -0.2) is 4.39 Å². The predicted molar refractivity (Wildman–Crippen MR) is 86.8 cm³/mol. The van der Waals surface area contributed by atoms with Crippen molar-refractivity contribution >= 4 is 0 Å². The fourth-order valence-electron chi connectivity index (χ4n) is 5.66. The van der Waals surface area contributed by atoms with E-state index in [1.807, 2.05) is 6.08 Å². The molecular formula is C19H26FNO2. The summed E-state index contributed by atoms with van der Waals surface area (Å²) in [4.78, 5) is 0. The Hall–Kier alpha value is -0.970. The number of aliphatic hydroxyl groups is 2. The number of fused-ring (bicyclic) bond motifs is 4. The number of hydrogen-bond donors (Lipinski definition) is 3. The summed E-state index contributed by atoms with van der Waals surface area (Å²) in [5, 5.41) is 19.9. The van der Waals surface area contributed by atoms with Crippen LogP contribution in [0.4, 0.5) is 4.39 Å². The van der Waals surface area contributed by atoms with Crippen molar-refractivity contribution < 1.29 is 14.6 Å². The molecule has 4 N–H and O–H groups in total. The van der Waals surface area contributed by atoms with Gasteiger partial charge < -0.3 is 15.9 Å². The van der Waals surface area contributed by atoms with E-state index in [0.717, 1.165) is 31.3 Å². The Balaban J connectivity index is 1.81. The van der Waals surface area contributed by atoms with Crippen LogP contribution in [-0.4, -0.2) is 22.0 Å². The molecule has 126 valence electrons. The number of halogens is 1. The number of hydrogen-bond acceptors (Lipinski definition) is 3. The van der Waals surface area contributed by atoms with Gasteiger partial charge >= 0.3 is 0 Å². The van der Waals surface area contributed by atoms with Gasteiger partial charge in [0.2, 0.25) is 0 Å². The van der Waals surface area contributed by atoms with Crippen molar-refractivity contribution in [1.29, 1.82) is 0 Å². The Labute approximate surface area is 136 Å². The molecule has 0 unspecified atom stereocenters. The largest absolute Gasteiger partial charge is 0.362 e. The topological polar surface area (TPSA) is 66.5 Å². The molecule has 4 heteroatoms. The number of rotatable bonds is 0. The highest BCUT2D eigenvalue weighted by atomic mass is 19.1. The lowest BCUT2D eigenvalue weighted by Gasteiger charge is -2.54. The van der Waals surface area contributed by atoms with Crippen molar-refractivity contribution in [2.45, 2.75) is 57.8 Å². The Morgan fingerprint density at radius 2 is 1.96 bits per heavy atom. The standard InChI is InChI=1S/C19H26FNO2/c1-17-7-8-19(22,23)10-11(17)3-4-12-13(17)5-6-18(2)14(12)9-15(20)16(18)21/h7-9,11,13,16,22-23H,3-6,10,21H2,1-2H3/t11-,13+,16+,17+,18+/m1/s1. The minimum atomic E-state index is -1.68. The summed E-state index contributed by atoms with van der Waals surface area (Å²) in [6.45, 7) is 4.32. The van der Waals surface area contributed by atoms with E-state index in [4.69, 9.17) is 5.73 Å². The zero-order valence-corrected chi connectivity index (χ0v) is 13.8. The van der Waals surface area contributed by atoms with Gasteiger partial charge in [0.25, 0.3) is 0 Å². The summed E-state index contributed by atoms with van der Waals surface area (Å²) >= 11 is 0. The Kier molecular flexibility index (Phi) is 3.08. The third-order valence-corrected chi connectivity index (χ3v) is 7.25. The highest BCUT2D eigenvalue weighted by molar-refractivity contribution is 5.47. The molecule has 4 aliphatic rings. The lowest BCUT2D eigenvalue weighted by molar-refractivity contribution is -0.153. The van der Waals surface area contributed by atoms with Crippen LogP contribution in [0.15, 0.2) is 35.2 Å². The molecule has 0 bridgehead atoms. The molecule has 0 radical (unpaired) electrons. The van der Waals surface area contributed by atoms with Gasteiger partial charge in [-0.3, -0.25) is 0 Å². The van der Waals surface area contributed by atoms with E-state index < -0.39 is 11.8 Å². The molecule has 0 aromatic carbocycles. The van der Waals surface area contributed by atoms with Crippen LogP contribution in [0.25, 0.3) is 0 Å². The normalized spacial score (nSPS) is 47.7. The maximum Gasteiger partial charge on any atom is 0.182 e. The van der Waals surface area contributed by atoms with Gasteiger partial charge in [-0.1, -0.05) is 25.5 Å². The van der Waals surface area contributed by atoms with Crippen LogP contribution in [0.1, 0.15) is 46.0 Å². The summed E-state index contributed by atoms with van der Waals surface area (Å²) < 4.78 is 14.2. The molecule has 0 aromatic heterocycles. The van der Waals surface area contributed by atoms with Crippen LogP contribution < -0.4 is 5.73 Å². The van der Waals surface area contributed by atoms with E-state index >= 15 is 0 Å². The number of allylic oxidation sites excluding steroid dienone is 3. The average molecular weight is 319 g/mol. The van der Waals surface area contributed by atoms with Gasteiger partial charge in [0.05, 0.1) is 6.04 Å². The van der Waals surface area contributed by atoms with Gasteiger partial charge in [0.15, 0.2) is 5.79 Å². The van der Waals surface area contributed by atoms with Crippen LogP contribution in [0.3, 0.4) is 0 Å². The van der Waals surface area contributed by atoms with Gasteiger partial charge in [-0.2, -0.15) is 0 Å². The molecule has 4 aliphatic carbocycles. The molecule has 0 aromatic rings. The summed E-state index contributed by atoms with van der Waals surface area (Å²) in [6, 6.07) is -0.513. The maximum absolute atomic E-state index is 14.2. The monoisotopic (exact) mass is 319 g/mol. The van der Waals surface area contributed by atoms with Crippen molar-refractivity contribution in [2.24, 2.45) is 28.4 Å². The van der Waals surface area contributed by atoms with E-state index in [9.17, 15) is 14.6 Å². The molecule has 3 nitrogen and oxygen atoms in total. The summed E-state index contributed by atoms with van der Waals surface area (Å²) in [6.07, 6.45) is 9.33. The van der Waals surface area contributed by atoms with Crippen LogP contribution in [-0.2, 0) is 0 Å². The summed E-state index contributed by atoms with van der Waals surface area (Å²) in [5.74, 6) is -1.26. The van der Waals surface area contributed by atoms with Crippen molar-refractivity contribution in [3.05, 3.63) is 35.2 Å². The fourth-order valence-corrected chi connectivity index (χ4v) is 5.66. The minimum Gasteiger partial charge on any atom is -0.362 e. The molecule has 0 amide bonds. The second kappa shape index (κ2) is 4.56. The zero-order valence-electron chi connectivity index (χ0n) is 13.8. The van der Waals surface area contributed by atoms with Crippen LogP contribution >= 0.6 is 0 Å². The first kappa shape index (κ1) is 15.6. The van der Waals surface area contributed by atoms with E-state index in [0.29, 0.717) is 12.3 Å². The molecule has 0 heterocycles. The Morgan fingerprint density at radius 1 is 1.22 bits per heavy atom. The van der Waals surface area contributed by atoms with Crippen LogP contribution in [0, 0.1) is 22.7 Å². The quantitative estimate of drug-likeness (QED) is 0.475. The van der Waals surface area contributed by atoms with Gasteiger partial charge in [-0.15, -0.1) is 0 Å². The van der Waals surface area contributed by atoms with Crippen molar-refractivity contribution in [2.75, 3.05) is 0 Å². The molecule has 1 saturated carbocycles. The second-order valence-corrected chi connectivity index (χ2v) is 8.47. The smallest absolute Gasteiger partial charge is 0.182 e. The fraction of sp³-hybridized carbons (Fsp3) is 0.684. The van der Waals surface area contributed by atoms with Crippen molar-refractivity contribution in [3.63, 3.8) is 0 Å². The first-order valence-corrected chi connectivity index (χ1v) is 8.69. The molecular weight excluding hydrogens is 293 g/mol. The summed E-state index contributed by atoms with van der Waals surface area (Å²) in [7, 11) is 0. The maximum atomic E-state index is 14.2. The van der Waals surface area contributed by atoms with Crippen molar-refractivity contribution in [1.82, 2.24) is 0 Å². The highest BCUT2D eigenvalue weighted by Gasteiger charge is 2.55. The molecule has 0 spiro atoms. The zero-order chi connectivity index (χ0) is 16.6. The number of nitrogens with two attached hydrogens (primary N) is 1. The third kappa shape index (κ3) is 1.98. The molecule has 1 fully saturated rings. The SMILES string of the molecule is C[C@]12C=CC(O)(O)C[C@H]1CCC1=C3C=C(F)[C@H](N)[C@@]3(C)CC[C@@H]12. The van der Waals surface area contributed by atoms with Gasteiger partial charge in [0, 0.05) is 11.8 Å². The Morgan fingerprint density at radius 3 is 2.70 bits per heavy atom. The predicted octanol–water partition coefficient (Wildman–Crippen LogP) is 2.95. The minimum absolute atomic E-state index is 0.0755. The lowest BCUT2D eigenvalue weighted by Crippen LogP contribution is -2.49. The van der Waals surface area contributed by atoms with E-state index in [1.165, 1.54) is 5.57 Å². The average Bonchev–Trinajstić information content (AvgIpc) is 2.71. The molecule has 5 atom stereocenters. The molecule has 23 heavy (non-hydrogen) atoms. The van der Waals surface area contributed by atoms with Crippen LogP contribution in [0.2, 0.25) is 0 Å². The van der Waals surface area contributed by atoms with E-state index in [1.54, 1.807) is 12.2 Å². The van der Waals surface area contributed by atoms with Gasteiger partial charge in [-0.05, 0) is 60.7 Å². The Bertz CT molecular complexity index is 650. The molecule has 4 rings (SSSR count). The second-order valence-electron chi connectivity index (χ2n) is 8.47. The van der Waals surface area contributed by atoms with E-state index in [-0.39, 0.29) is 22.6 Å². The molecule has 0 aliphatic heterocycles. The molecule has 0 saturated heterocycles. The first-order valence-electron chi connectivity index (χ1n) is 8.69. The first-order chi connectivity index (χ1) is 10.7. The van der Waals surface area contributed by atoms with Gasteiger partial charge in [0.1, 0.15) is 5.83 Å². The van der Waals surface area contributed by atoms with E-state index in [2.05, 4.69) is 13.8 Å². The summed E-state index contributed by atoms with van der Waals surface area (Å²) in [5.41, 5.74) is 8.26. The third-order valence-electron chi connectivity index (χ3n) is 7.25. The van der Waals surface area contributed by atoms with Crippen LogP contribution in [0.5, 0.6) is 0 Å². The lowest BCUT2D eigenvalue weighted by atomic mass is 9.50.